The second-order valence-electron chi connectivity index (χ2n) is 8.11. The molecular formula is C26H23N5O4S. The fourth-order valence-corrected chi connectivity index (χ4v) is 4.84. The van der Waals surface area contributed by atoms with Gasteiger partial charge in [-0.25, -0.2) is 0 Å². The van der Waals surface area contributed by atoms with Crippen LogP contribution < -0.4 is 19.7 Å². The Morgan fingerprint density at radius 3 is 2.50 bits per heavy atom. The molecule has 2 atom stereocenters. The molecule has 1 fully saturated rings. The molecule has 2 aromatic carbocycles. The van der Waals surface area contributed by atoms with Crippen LogP contribution in [0.4, 0.5) is 11.4 Å². The molecule has 36 heavy (non-hydrogen) atoms. The third-order valence-corrected chi connectivity index (χ3v) is 6.48. The molecule has 0 saturated carbocycles. The van der Waals surface area contributed by atoms with Crippen molar-refractivity contribution in [1.82, 2.24) is 14.9 Å². The van der Waals surface area contributed by atoms with Crippen LogP contribution in [-0.4, -0.2) is 33.8 Å². The summed E-state index contributed by atoms with van der Waals surface area (Å²) in [5, 5.41) is 15.1. The lowest BCUT2D eigenvalue weighted by Crippen LogP contribution is -2.30. The lowest BCUT2D eigenvalue weighted by molar-refractivity contribution is -0.384. The first-order valence-electron chi connectivity index (χ1n) is 11.2. The average Bonchev–Trinajstić information content (AvgIpc) is 3.53. The van der Waals surface area contributed by atoms with Crippen LogP contribution in [0.15, 0.2) is 85.2 Å². The lowest BCUT2D eigenvalue weighted by Gasteiger charge is -2.30. The van der Waals surface area contributed by atoms with Crippen molar-refractivity contribution in [2.75, 3.05) is 19.1 Å². The molecule has 1 aliphatic heterocycles. The normalized spacial score (nSPS) is 17.1. The van der Waals surface area contributed by atoms with Crippen LogP contribution in [-0.2, 0) is 0 Å². The average molecular weight is 502 g/mol. The third-order valence-electron chi connectivity index (χ3n) is 6.17. The predicted molar refractivity (Wildman–Crippen MR) is 140 cm³/mol. The molecule has 2 unspecified atom stereocenters. The van der Waals surface area contributed by atoms with Crippen LogP contribution in [0, 0.1) is 10.1 Å². The Balaban J connectivity index is 1.66. The first kappa shape index (κ1) is 23.3. The van der Waals surface area contributed by atoms with Gasteiger partial charge in [-0.1, -0.05) is 6.07 Å². The molecule has 0 bridgehead atoms. The monoisotopic (exact) mass is 501 g/mol. The van der Waals surface area contributed by atoms with Gasteiger partial charge in [0, 0.05) is 42.0 Å². The molecule has 10 heteroatoms. The lowest BCUT2D eigenvalue weighted by atomic mass is 10.0. The van der Waals surface area contributed by atoms with Crippen LogP contribution in [0.3, 0.4) is 0 Å². The Morgan fingerprint density at radius 1 is 1.03 bits per heavy atom. The fourth-order valence-electron chi connectivity index (χ4n) is 4.50. The molecule has 3 heterocycles. The van der Waals surface area contributed by atoms with E-state index in [9.17, 15) is 10.1 Å². The zero-order valence-corrected chi connectivity index (χ0v) is 20.4. The highest BCUT2D eigenvalue weighted by Crippen LogP contribution is 2.45. The summed E-state index contributed by atoms with van der Waals surface area (Å²) in [5.74, 6) is 1.28. The van der Waals surface area contributed by atoms with Crippen molar-refractivity contribution in [3.63, 3.8) is 0 Å². The molecule has 0 spiro atoms. The van der Waals surface area contributed by atoms with Gasteiger partial charge in [-0.05, 0) is 60.7 Å². The summed E-state index contributed by atoms with van der Waals surface area (Å²) in [4.78, 5) is 17.4. The van der Waals surface area contributed by atoms with Gasteiger partial charge in [-0.2, -0.15) is 0 Å². The van der Waals surface area contributed by atoms with E-state index in [-0.39, 0.29) is 17.8 Å². The Kier molecular flexibility index (Phi) is 6.26. The minimum Gasteiger partial charge on any atom is -0.497 e. The summed E-state index contributed by atoms with van der Waals surface area (Å²) >= 11 is 5.84. The van der Waals surface area contributed by atoms with Crippen LogP contribution >= 0.6 is 12.2 Å². The molecular weight excluding hydrogens is 478 g/mol. The second-order valence-corrected chi connectivity index (χ2v) is 8.50. The summed E-state index contributed by atoms with van der Waals surface area (Å²) in [6.07, 6.45) is 3.68. The van der Waals surface area contributed by atoms with Gasteiger partial charge in [0.05, 0.1) is 36.6 Å². The number of non-ortho nitro benzene ring substituents is 1. The standard InChI is InChI=1S/C26H23N5O4S/c1-34-19-12-13-21(23(16-19)35-2)30-25(24(28-26(30)36)20-6-3-4-14-27-20)22-7-5-15-29(22)17-8-10-18(11-9-17)31(32)33/h3-16,24-25H,1-2H3,(H,28,36). The second kappa shape index (κ2) is 9.67. The number of nitro benzene ring substituents is 1. The number of thiocarbonyl (C=S) groups is 1. The van der Waals surface area contributed by atoms with Crippen molar-refractivity contribution < 1.29 is 14.4 Å². The number of nitrogens with zero attached hydrogens (tertiary/aromatic N) is 4. The molecule has 1 saturated heterocycles. The van der Waals surface area contributed by atoms with E-state index in [0.29, 0.717) is 16.6 Å². The zero-order chi connectivity index (χ0) is 25.2. The summed E-state index contributed by atoms with van der Waals surface area (Å²) in [6, 6.07) is 21.2. The highest BCUT2D eigenvalue weighted by molar-refractivity contribution is 7.80. The third kappa shape index (κ3) is 4.11. The van der Waals surface area contributed by atoms with Crippen molar-refractivity contribution in [2.24, 2.45) is 0 Å². The van der Waals surface area contributed by atoms with E-state index in [1.807, 2.05) is 64.2 Å². The number of rotatable bonds is 7. The molecule has 4 aromatic rings. The molecule has 0 radical (unpaired) electrons. The van der Waals surface area contributed by atoms with Gasteiger partial charge in [-0.3, -0.25) is 15.1 Å². The number of anilines is 1. The summed E-state index contributed by atoms with van der Waals surface area (Å²) in [7, 11) is 3.21. The van der Waals surface area contributed by atoms with Gasteiger partial charge >= 0.3 is 0 Å². The number of benzene rings is 2. The smallest absolute Gasteiger partial charge is 0.269 e. The van der Waals surface area contributed by atoms with Crippen molar-refractivity contribution in [1.29, 1.82) is 0 Å². The SMILES string of the molecule is COc1ccc(N2C(=S)NC(c3ccccn3)C2c2cccn2-c2ccc([N+](=O)[O-])cc2)c(OC)c1. The van der Waals surface area contributed by atoms with Gasteiger partial charge in [0.2, 0.25) is 0 Å². The van der Waals surface area contributed by atoms with E-state index in [0.717, 1.165) is 22.8 Å². The first-order valence-corrected chi connectivity index (χ1v) is 11.6. The molecule has 0 amide bonds. The van der Waals surface area contributed by atoms with Gasteiger partial charge in [0.25, 0.3) is 5.69 Å². The largest absolute Gasteiger partial charge is 0.497 e. The molecule has 182 valence electrons. The van der Waals surface area contributed by atoms with E-state index >= 15 is 0 Å². The maximum Gasteiger partial charge on any atom is 0.269 e. The Hall–Kier alpha value is -4.44. The van der Waals surface area contributed by atoms with Gasteiger partial charge in [0.1, 0.15) is 17.5 Å². The van der Waals surface area contributed by atoms with Crippen LogP contribution in [0.5, 0.6) is 11.5 Å². The molecule has 1 aliphatic rings. The predicted octanol–water partition coefficient (Wildman–Crippen LogP) is 4.97. The highest BCUT2D eigenvalue weighted by atomic mass is 32.1. The molecule has 5 rings (SSSR count). The number of nitrogens with one attached hydrogen (secondary N) is 1. The van der Waals surface area contributed by atoms with Gasteiger partial charge < -0.3 is 24.3 Å². The van der Waals surface area contributed by atoms with E-state index in [4.69, 9.17) is 21.7 Å². The number of hydrogen-bond acceptors (Lipinski definition) is 6. The topological polar surface area (TPSA) is 94.7 Å². The van der Waals surface area contributed by atoms with Crippen LogP contribution in [0.25, 0.3) is 5.69 Å². The van der Waals surface area contributed by atoms with Crippen LogP contribution in [0.1, 0.15) is 23.5 Å². The van der Waals surface area contributed by atoms with Crippen molar-refractivity contribution in [2.45, 2.75) is 12.1 Å². The minimum absolute atomic E-state index is 0.0344. The maximum absolute atomic E-state index is 11.2. The van der Waals surface area contributed by atoms with Gasteiger partial charge in [-0.15, -0.1) is 0 Å². The Morgan fingerprint density at radius 2 is 1.83 bits per heavy atom. The fraction of sp³-hybridized carbons (Fsp3) is 0.154. The number of nitro groups is 1. The van der Waals surface area contributed by atoms with E-state index in [1.165, 1.54) is 12.1 Å². The van der Waals surface area contributed by atoms with Crippen LogP contribution in [0.2, 0.25) is 0 Å². The first-order chi connectivity index (χ1) is 17.5. The highest BCUT2D eigenvalue weighted by Gasteiger charge is 2.43. The maximum atomic E-state index is 11.2. The van der Waals surface area contributed by atoms with E-state index < -0.39 is 4.92 Å². The summed E-state index contributed by atoms with van der Waals surface area (Å²) < 4.78 is 13.1. The molecule has 1 N–H and O–H groups in total. The quantitative estimate of drug-likeness (QED) is 0.215. The number of aromatic nitrogens is 2. The minimum atomic E-state index is -0.408. The molecule has 2 aromatic heterocycles. The zero-order valence-electron chi connectivity index (χ0n) is 19.6. The Labute approximate surface area is 213 Å². The van der Waals surface area contributed by atoms with Crippen molar-refractivity contribution in [3.05, 3.63) is 107 Å². The molecule has 0 aliphatic carbocycles. The van der Waals surface area contributed by atoms with Gasteiger partial charge in [0.15, 0.2) is 5.11 Å². The Bertz CT molecular complexity index is 1410. The molecule has 9 nitrogen and oxygen atoms in total. The summed E-state index contributed by atoms with van der Waals surface area (Å²) in [5.41, 5.74) is 3.35. The van der Waals surface area contributed by atoms with Crippen molar-refractivity contribution in [3.8, 4) is 17.2 Å². The van der Waals surface area contributed by atoms with Crippen molar-refractivity contribution >= 4 is 28.7 Å². The summed E-state index contributed by atoms with van der Waals surface area (Å²) in [6.45, 7) is 0. The number of methoxy groups -OCH3 is 2. The number of pyridine rings is 1. The van der Waals surface area contributed by atoms with E-state index in [2.05, 4.69) is 10.3 Å². The van der Waals surface area contributed by atoms with E-state index in [1.54, 1.807) is 32.5 Å². The number of hydrogen-bond donors (Lipinski definition) is 1. The number of ether oxygens (including phenoxy) is 2.